The van der Waals surface area contributed by atoms with Gasteiger partial charge in [-0.15, -0.1) is 0 Å². The zero-order valence-corrected chi connectivity index (χ0v) is 13.6. The zero-order valence-electron chi connectivity index (χ0n) is 13.6. The first kappa shape index (κ1) is 14.4. The van der Waals surface area contributed by atoms with Crippen molar-refractivity contribution in [2.75, 3.05) is 11.9 Å². The number of hydrogen-bond acceptors (Lipinski definition) is 1. The first-order chi connectivity index (χ1) is 10.2. The fourth-order valence-corrected chi connectivity index (χ4v) is 3.97. The number of likely N-dealkylation sites (N-methyl/N-ethyl adjacent to an activating group) is 1. The predicted octanol–water partition coefficient (Wildman–Crippen LogP) is 5.73. The highest BCUT2D eigenvalue weighted by Crippen LogP contribution is 2.42. The van der Waals surface area contributed by atoms with Gasteiger partial charge in [0.25, 0.3) is 0 Å². The topological polar surface area (TPSA) is 3.24 Å². The van der Waals surface area contributed by atoms with Crippen LogP contribution in [0.1, 0.15) is 57.4 Å². The summed E-state index contributed by atoms with van der Waals surface area (Å²) in [6, 6.07) is 14.2. The highest BCUT2D eigenvalue weighted by molar-refractivity contribution is 5.98. The van der Waals surface area contributed by atoms with Gasteiger partial charge in [0.2, 0.25) is 0 Å². The lowest BCUT2D eigenvalue weighted by Crippen LogP contribution is -2.38. The van der Waals surface area contributed by atoms with E-state index in [1.807, 2.05) is 0 Å². The van der Waals surface area contributed by atoms with Crippen LogP contribution in [-0.2, 0) is 0 Å². The Hall–Kier alpha value is -1.50. The van der Waals surface area contributed by atoms with Gasteiger partial charge >= 0.3 is 0 Å². The summed E-state index contributed by atoms with van der Waals surface area (Å²) in [6.45, 7) is 4.69. The molecule has 0 saturated heterocycles. The van der Waals surface area contributed by atoms with Crippen LogP contribution in [0.2, 0.25) is 0 Å². The smallest absolute Gasteiger partial charge is 0.0448 e. The molecular weight excluding hydrogens is 254 g/mol. The lowest BCUT2D eigenvalue weighted by Gasteiger charge is -2.40. The van der Waals surface area contributed by atoms with Crippen LogP contribution in [0.4, 0.5) is 5.69 Å². The third-order valence-corrected chi connectivity index (χ3v) is 5.21. The van der Waals surface area contributed by atoms with Crippen LogP contribution in [0, 0.1) is 0 Å². The largest absolute Gasteiger partial charge is 0.370 e. The second-order valence-electron chi connectivity index (χ2n) is 6.54. The number of unbranched alkanes of at least 4 members (excludes halogenated alkanes) is 3. The maximum atomic E-state index is 2.53. The van der Waals surface area contributed by atoms with Crippen molar-refractivity contribution >= 4 is 16.5 Å². The van der Waals surface area contributed by atoms with E-state index in [9.17, 15) is 0 Å². The van der Waals surface area contributed by atoms with Crippen molar-refractivity contribution in [3.63, 3.8) is 0 Å². The molecule has 112 valence electrons. The second-order valence-corrected chi connectivity index (χ2v) is 6.54. The number of anilines is 1. The lowest BCUT2D eigenvalue weighted by atomic mass is 9.82. The molecule has 0 amide bonds. The van der Waals surface area contributed by atoms with Gasteiger partial charge in [0.05, 0.1) is 0 Å². The molecule has 0 radical (unpaired) electrons. The van der Waals surface area contributed by atoms with Crippen LogP contribution in [0.15, 0.2) is 36.4 Å². The highest BCUT2D eigenvalue weighted by Gasteiger charge is 2.30. The second kappa shape index (κ2) is 6.09. The molecule has 1 nitrogen and oxygen atoms in total. The fraction of sp³-hybridized carbons (Fsp3) is 0.500. The Morgan fingerprint density at radius 2 is 1.76 bits per heavy atom. The Morgan fingerprint density at radius 3 is 2.52 bits per heavy atom. The van der Waals surface area contributed by atoms with E-state index in [1.54, 1.807) is 5.56 Å². The molecule has 1 aliphatic rings. The van der Waals surface area contributed by atoms with Gasteiger partial charge in [-0.2, -0.15) is 0 Å². The van der Waals surface area contributed by atoms with Crippen molar-refractivity contribution in [1.29, 1.82) is 0 Å². The van der Waals surface area contributed by atoms with Gasteiger partial charge in [-0.3, -0.25) is 0 Å². The van der Waals surface area contributed by atoms with Crippen LogP contribution in [0.3, 0.4) is 0 Å². The third-order valence-electron chi connectivity index (χ3n) is 5.21. The van der Waals surface area contributed by atoms with Gasteiger partial charge in [0.15, 0.2) is 0 Å². The minimum atomic E-state index is 0.621. The van der Waals surface area contributed by atoms with Gasteiger partial charge < -0.3 is 4.90 Å². The molecular formula is C20H27N. The van der Waals surface area contributed by atoms with E-state index >= 15 is 0 Å². The van der Waals surface area contributed by atoms with E-state index in [2.05, 4.69) is 62.2 Å². The molecule has 0 N–H and O–H groups in total. The van der Waals surface area contributed by atoms with Gasteiger partial charge in [-0.05, 0) is 23.4 Å². The summed E-state index contributed by atoms with van der Waals surface area (Å²) in [7, 11) is 2.28. The molecule has 3 rings (SSSR count). The van der Waals surface area contributed by atoms with Crippen molar-refractivity contribution in [1.82, 2.24) is 0 Å². The molecule has 0 bridgehead atoms. The third kappa shape index (κ3) is 2.54. The van der Waals surface area contributed by atoms with Crippen molar-refractivity contribution in [2.45, 2.75) is 57.9 Å². The van der Waals surface area contributed by atoms with Gasteiger partial charge in [0, 0.05) is 30.1 Å². The summed E-state index contributed by atoms with van der Waals surface area (Å²) in [5.41, 5.74) is 2.96. The summed E-state index contributed by atoms with van der Waals surface area (Å²) in [4.78, 5) is 2.53. The summed E-state index contributed by atoms with van der Waals surface area (Å²) in [5, 5.41) is 2.85. The summed E-state index contributed by atoms with van der Waals surface area (Å²) in [5.74, 6) is 0.621. The summed E-state index contributed by atoms with van der Waals surface area (Å²) < 4.78 is 0. The molecule has 0 saturated carbocycles. The quantitative estimate of drug-likeness (QED) is 0.632. The number of rotatable bonds is 5. The standard InChI is InChI=1S/C20H27N/c1-4-5-6-7-13-18-15(2)17-12-8-10-16-11-9-14-19(20(16)17)21(18)3/h8-12,14-15,18H,4-7,13H2,1-3H3. The van der Waals surface area contributed by atoms with E-state index in [-0.39, 0.29) is 0 Å². The summed E-state index contributed by atoms with van der Waals surface area (Å²) >= 11 is 0. The van der Waals surface area contributed by atoms with Crippen molar-refractivity contribution < 1.29 is 0 Å². The normalized spacial score (nSPS) is 21.0. The van der Waals surface area contributed by atoms with Crippen LogP contribution in [-0.4, -0.2) is 13.1 Å². The van der Waals surface area contributed by atoms with Gasteiger partial charge in [0.1, 0.15) is 0 Å². The zero-order chi connectivity index (χ0) is 14.8. The van der Waals surface area contributed by atoms with Crippen LogP contribution in [0.25, 0.3) is 10.8 Å². The minimum absolute atomic E-state index is 0.621. The average molecular weight is 281 g/mol. The number of nitrogens with zero attached hydrogens (tertiary/aromatic N) is 1. The molecule has 0 aromatic heterocycles. The minimum Gasteiger partial charge on any atom is -0.370 e. The molecule has 2 unspecified atom stereocenters. The van der Waals surface area contributed by atoms with Crippen molar-refractivity contribution in [3.8, 4) is 0 Å². The summed E-state index contributed by atoms with van der Waals surface area (Å²) in [6.07, 6.45) is 6.72. The van der Waals surface area contributed by atoms with Gasteiger partial charge in [-0.25, -0.2) is 0 Å². The van der Waals surface area contributed by atoms with Crippen LogP contribution in [0.5, 0.6) is 0 Å². The molecule has 2 atom stereocenters. The maximum absolute atomic E-state index is 2.53. The number of hydrogen-bond donors (Lipinski definition) is 0. The Balaban J connectivity index is 1.91. The molecule has 0 spiro atoms. The Kier molecular flexibility index (Phi) is 4.19. The Bertz CT molecular complexity index is 572. The Labute approximate surface area is 129 Å². The van der Waals surface area contributed by atoms with Crippen LogP contribution < -0.4 is 4.90 Å². The first-order valence-corrected chi connectivity index (χ1v) is 8.48. The van der Waals surface area contributed by atoms with E-state index in [0.29, 0.717) is 12.0 Å². The average Bonchev–Trinajstić information content (AvgIpc) is 2.51. The van der Waals surface area contributed by atoms with Gasteiger partial charge in [-0.1, -0.05) is 69.9 Å². The van der Waals surface area contributed by atoms with E-state index in [4.69, 9.17) is 0 Å². The SMILES string of the molecule is CCCCCCC1C(C)c2cccc3cccc(c23)N1C. The van der Waals surface area contributed by atoms with E-state index < -0.39 is 0 Å². The van der Waals surface area contributed by atoms with E-state index in [1.165, 1.54) is 48.6 Å². The Morgan fingerprint density at radius 1 is 1.00 bits per heavy atom. The molecule has 2 aromatic carbocycles. The van der Waals surface area contributed by atoms with Crippen molar-refractivity contribution in [3.05, 3.63) is 42.0 Å². The monoisotopic (exact) mass is 281 g/mol. The predicted molar refractivity (Wildman–Crippen MR) is 93.3 cm³/mol. The molecule has 21 heavy (non-hydrogen) atoms. The highest BCUT2D eigenvalue weighted by atomic mass is 15.1. The molecule has 1 aliphatic heterocycles. The fourth-order valence-electron chi connectivity index (χ4n) is 3.97. The molecule has 1 heterocycles. The lowest BCUT2D eigenvalue weighted by molar-refractivity contribution is 0.470. The maximum Gasteiger partial charge on any atom is 0.0448 e. The molecule has 1 heteroatoms. The first-order valence-electron chi connectivity index (χ1n) is 8.48. The van der Waals surface area contributed by atoms with Crippen molar-refractivity contribution in [2.24, 2.45) is 0 Å². The van der Waals surface area contributed by atoms with Crippen LogP contribution >= 0.6 is 0 Å². The molecule has 2 aromatic rings. The molecule has 0 fully saturated rings. The number of benzene rings is 2. The molecule has 0 aliphatic carbocycles. The van der Waals surface area contributed by atoms with E-state index in [0.717, 1.165) is 0 Å².